The summed E-state index contributed by atoms with van der Waals surface area (Å²) in [7, 11) is 1.55. The molecule has 1 aliphatic heterocycles. The molecule has 0 aliphatic carbocycles. The number of likely N-dealkylation sites (tertiary alicyclic amines) is 1. The van der Waals surface area contributed by atoms with Crippen molar-refractivity contribution in [1.82, 2.24) is 62.7 Å². The quantitative estimate of drug-likeness (QED) is 0.0249. The third-order valence-electron chi connectivity index (χ3n) is 18.2. The van der Waals surface area contributed by atoms with Gasteiger partial charge in [0.05, 0.1) is 50.9 Å². The van der Waals surface area contributed by atoms with Gasteiger partial charge in [-0.15, -0.1) is 0 Å². The minimum atomic E-state index is -2.41. The molecule has 17 N–H and O–H groups in total. The number of primary amides is 1. The number of ether oxygens (including phenoxy) is 1. The van der Waals surface area contributed by atoms with Crippen LogP contribution in [0.2, 0.25) is 5.02 Å². The number of aromatic nitrogens is 2. The van der Waals surface area contributed by atoms with Crippen LogP contribution in [0.15, 0.2) is 104 Å². The van der Waals surface area contributed by atoms with E-state index in [-0.39, 0.29) is 50.1 Å². The molecule has 11 atom stereocenters. The largest absolute Gasteiger partial charge is 0.497 e. The lowest BCUT2D eigenvalue weighted by molar-refractivity contribution is -0.145. The highest BCUT2D eigenvalue weighted by atomic mass is 35.5. The first-order valence-electron chi connectivity index (χ1n) is 34.6. The fraction of sp³-hybridized carbons (Fsp3) is 0.452. The van der Waals surface area contributed by atoms with Crippen LogP contribution in [0.1, 0.15) is 114 Å². The summed E-state index contributed by atoms with van der Waals surface area (Å²) in [4.78, 5) is 186. The van der Waals surface area contributed by atoms with E-state index in [2.05, 4.69) is 57.8 Å². The molecule has 578 valence electrons. The summed E-state index contributed by atoms with van der Waals surface area (Å²) in [6.07, 6.45) is -1.54. The lowest BCUT2D eigenvalue weighted by Gasteiger charge is -2.35. The Hall–Kier alpha value is -10.9. The molecule has 32 nitrogen and oxygen atoms in total. The molecule has 4 aromatic carbocycles. The summed E-state index contributed by atoms with van der Waals surface area (Å²) in [5.41, 5.74) is 6.26. The van der Waals surface area contributed by atoms with Crippen LogP contribution in [0.25, 0.3) is 11.1 Å². The van der Waals surface area contributed by atoms with Crippen molar-refractivity contribution in [2.24, 2.45) is 5.73 Å². The highest BCUT2D eigenvalue weighted by molar-refractivity contribution is 6.30. The van der Waals surface area contributed by atoms with E-state index in [0.717, 1.165) is 49.1 Å². The number of methoxy groups -OCH3 is 1. The third-order valence-corrected chi connectivity index (χ3v) is 18.4. The average Bonchev–Trinajstić information content (AvgIpc) is 1.72. The van der Waals surface area contributed by atoms with Gasteiger partial charge in [-0.2, -0.15) is 0 Å². The molecule has 0 unspecified atom stereocenters. The number of hydrogen-bond donors (Lipinski definition) is 16. The molecule has 5 aromatic rings. The van der Waals surface area contributed by atoms with Crippen LogP contribution in [-0.4, -0.2) is 210 Å². The number of hydrogen-bond acceptors (Lipinski definition) is 18. The number of imidazole rings is 1. The maximum absolute atomic E-state index is 15.5. The molecular formula is C73H93ClFN13O19. The summed E-state index contributed by atoms with van der Waals surface area (Å²) in [5.74, 6) is -15.2. The smallest absolute Gasteiger partial charge is 0.305 e. The molecular weight excluding hydrogens is 1420 g/mol. The predicted octanol–water partition coefficient (Wildman–Crippen LogP) is 0.226. The average molecular weight is 1510 g/mol. The SMILES string of the molecule is CCc1cc(OC)ccc1-c1ccc(C[C@H](NC(=O)[C@H](CC(=O)O)NC(=O)[C@H](CO)NC(=O)[C@@H](NC(=O)[C@](C)(Cc2ccccc2F)NC(=O)[C@@H](NC(=O)CNC(=O)[C@H](CCC(=O)O)NC(=O)[C@]2(C)CCCN2C(=O)CCc2c[nH]cn2)[C@@H](C)O)[C@@H](C)O)C(=O)N[C@@H](CCCc2ccc(Cl)cc2)C(N)=O)cc1. The van der Waals surface area contributed by atoms with E-state index < -0.39 is 181 Å². The normalized spacial score (nSPS) is 16.3. The van der Waals surface area contributed by atoms with Crippen molar-refractivity contribution in [3.63, 3.8) is 0 Å². The Morgan fingerprint density at radius 2 is 1.34 bits per heavy atom. The zero-order valence-electron chi connectivity index (χ0n) is 60.0. The molecule has 0 spiro atoms. The second-order valence-corrected chi connectivity index (χ2v) is 26.9. The molecule has 2 heterocycles. The summed E-state index contributed by atoms with van der Waals surface area (Å²) in [6.45, 7) is 4.55. The monoisotopic (exact) mass is 1510 g/mol. The number of aromatic amines is 1. The number of carbonyl (C=O) groups is 13. The van der Waals surface area contributed by atoms with Gasteiger partial charge in [0.25, 0.3) is 0 Å². The van der Waals surface area contributed by atoms with Crippen LogP contribution in [0.5, 0.6) is 5.75 Å². The van der Waals surface area contributed by atoms with E-state index in [1.165, 1.54) is 36.4 Å². The second-order valence-electron chi connectivity index (χ2n) is 26.5. The van der Waals surface area contributed by atoms with E-state index >= 15 is 4.39 Å². The van der Waals surface area contributed by atoms with E-state index in [1.807, 2.05) is 19.1 Å². The van der Waals surface area contributed by atoms with Crippen LogP contribution in [0.3, 0.4) is 0 Å². The molecule has 107 heavy (non-hydrogen) atoms. The highest BCUT2D eigenvalue weighted by Gasteiger charge is 2.47. The minimum absolute atomic E-state index is 0.00192. The molecule has 11 amide bonds. The number of aliphatic hydroxyl groups is 3. The number of carboxylic acids is 2. The lowest BCUT2D eigenvalue weighted by Crippen LogP contribution is -2.67. The zero-order chi connectivity index (χ0) is 78.9. The van der Waals surface area contributed by atoms with Crippen molar-refractivity contribution < 1.29 is 97.0 Å². The maximum Gasteiger partial charge on any atom is 0.305 e. The molecule has 6 rings (SSSR count). The van der Waals surface area contributed by atoms with Gasteiger partial charge in [0, 0.05) is 43.4 Å². The zero-order valence-corrected chi connectivity index (χ0v) is 60.8. The number of carbonyl (C=O) groups excluding carboxylic acids is 11. The molecule has 0 saturated carbocycles. The van der Waals surface area contributed by atoms with Crippen LogP contribution in [0, 0.1) is 5.82 Å². The minimum Gasteiger partial charge on any atom is -0.497 e. The van der Waals surface area contributed by atoms with Gasteiger partial charge in [0.2, 0.25) is 65.0 Å². The van der Waals surface area contributed by atoms with E-state index in [4.69, 9.17) is 22.1 Å². The van der Waals surface area contributed by atoms with Gasteiger partial charge >= 0.3 is 11.9 Å². The van der Waals surface area contributed by atoms with Crippen molar-refractivity contribution >= 4 is 88.5 Å². The van der Waals surface area contributed by atoms with Gasteiger partial charge in [0.1, 0.15) is 64.9 Å². The van der Waals surface area contributed by atoms with Gasteiger partial charge in [-0.25, -0.2) is 9.37 Å². The standard InChI is InChI=1S/C73H93ClFN13O19/c1-7-44-33-49(107-6)25-26-50(44)45-20-16-43(17-21-45)32-54(65(100)80-52(63(76)98)15-10-12-42-18-22-47(74)23-19-42)81-66(101)55(34-60(96)97)82-67(102)56(38-89)83-68(103)61(40(2)90)86-70(105)72(4,35-46-13-8-9-14-51(46)75)87-69(104)62(41(3)91)85-57(92)37-78-64(99)53(27-29-59(94)95)84-71(106)73(5)30-11-31-88(73)58(93)28-24-48-36-77-39-79-48/h8-9,13-14,16-23,25-26,33,36,39-41,52-56,61-62,89-91H,7,10-12,15,24,27-32,34-35,37-38H2,1-6H3,(H2,76,98)(H,77,79)(H,78,99)(H,80,100)(H,81,101)(H,82,102)(H,83,103)(H,84,106)(H,85,92)(H,86,105)(H,87,104)(H,94,95)(H,96,97)/t40-,41-,52+,53+,54+,55+,56+,61+,62+,72+,73+/m1/s1. The Bertz CT molecular complexity index is 3980. The number of benzene rings is 4. The molecule has 1 aliphatic rings. The van der Waals surface area contributed by atoms with Crippen molar-refractivity contribution in [3.05, 3.63) is 142 Å². The number of nitrogens with one attached hydrogen (secondary N) is 10. The molecule has 1 saturated heterocycles. The Morgan fingerprint density at radius 1 is 0.710 bits per heavy atom. The topological polar surface area (TPSA) is 498 Å². The number of aliphatic hydroxyl groups excluding tert-OH is 3. The predicted molar refractivity (Wildman–Crippen MR) is 384 cm³/mol. The van der Waals surface area contributed by atoms with Crippen molar-refractivity contribution in [2.45, 2.75) is 184 Å². The van der Waals surface area contributed by atoms with Crippen molar-refractivity contribution in [1.29, 1.82) is 0 Å². The first-order valence-corrected chi connectivity index (χ1v) is 35.0. The van der Waals surface area contributed by atoms with Gasteiger partial charge in [-0.1, -0.05) is 79.2 Å². The Kier molecular flexibility index (Phi) is 31.8. The maximum atomic E-state index is 15.5. The Morgan fingerprint density at radius 3 is 1.94 bits per heavy atom. The number of amides is 11. The lowest BCUT2D eigenvalue weighted by atomic mass is 9.90. The fourth-order valence-electron chi connectivity index (χ4n) is 12.1. The van der Waals surface area contributed by atoms with Gasteiger partial charge < -0.3 is 93.7 Å². The third kappa shape index (κ3) is 24.9. The molecule has 34 heteroatoms. The summed E-state index contributed by atoms with van der Waals surface area (Å²) in [6, 6.07) is 11.7. The van der Waals surface area contributed by atoms with Gasteiger partial charge in [0.15, 0.2) is 0 Å². The van der Waals surface area contributed by atoms with E-state index in [0.29, 0.717) is 47.7 Å². The number of rotatable bonds is 41. The fourth-order valence-corrected chi connectivity index (χ4v) is 12.2. The first kappa shape index (κ1) is 85.0. The van der Waals surface area contributed by atoms with Crippen molar-refractivity contribution in [2.75, 3.05) is 26.8 Å². The number of nitrogens with zero attached hydrogens (tertiary/aromatic N) is 2. The Balaban J connectivity index is 1.16. The van der Waals surface area contributed by atoms with Gasteiger partial charge in [-0.3, -0.25) is 62.3 Å². The number of carboxylic acid groups (broad SMARTS) is 2. The molecule has 0 bridgehead atoms. The molecule has 1 fully saturated rings. The van der Waals surface area contributed by atoms with Crippen molar-refractivity contribution in [3.8, 4) is 16.9 Å². The second kappa shape index (κ2) is 40.0. The van der Waals surface area contributed by atoms with Crippen LogP contribution < -0.4 is 58.3 Å². The first-order chi connectivity index (χ1) is 50.7. The van der Waals surface area contributed by atoms with Crippen LogP contribution in [-0.2, 0) is 94.4 Å². The number of halogens is 2. The number of aryl methyl sites for hydroxylation is 3. The van der Waals surface area contributed by atoms with E-state index in [9.17, 15) is 87.9 Å². The summed E-state index contributed by atoms with van der Waals surface area (Å²) < 4.78 is 20.9. The molecule has 1 aromatic heterocycles. The van der Waals surface area contributed by atoms with Gasteiger partial charge in [-0.05, 0) is 143 Å². The van der Waals surface area contributed by atoms with E-state index in [1.54, 1.807) is 67.9 Å². The number of H-pyrrole nitrogens is 1. The number of aliphatic carboxylic acids is 2. The highest BCUT2D eigenvalue weighted by Crippen LogP contribution is 2.32. The van der Waals surface area contributed by atoms with Crippen LogP contribution in [0.4, 0.5) is 4.39 Å². The number of nitrogens with two attached hydrogens (primary N) is 1. The molecule has 0 radical (unpaired) electrons. The summed E-state index contributed by atoms with van der Waals surface area (Å²) in [5, 5.41) is 73.5. The van der Waals surface area contributed by atoms with Crippen LogP contribution >= 0.6 is 11.6 Å². The Labute approximate surface area is 621 Å². The summed E-state index contributed by atoms with van der Waals surface area (Å²) >= 11 is 6.04.